The van der Waals surface area contributed by atoms with Gasteiger partial charge in [0.05, 0.1) is 9.80 Å². The van der Waals surface area contributed by atoms with Crippen LogP contribution in [0.25, 0.3) is 10.9 Å². The van der Waals surface area contributed by atoms with Crippen LogP contribution in [0.1, 0.15) is 23.2 Å². The van der Waals surface area contributed by atoms with Gasteiger partial charge in [0.25, 0.3) is 0 Å². The number of hydrogen-bond donors (Lipinski definition) is 1. The standard InChI is InChI=1S/C24H21F2NO4S/c1-15-20(21-13-18(26)8-11-22(21)27(15)14-24(28)29)12-16-4-2-3-5-23(16)32(30,31)19-9-6-17(25)7-10-19/h2-6,8-11,13,17H,7,12,14H2,1H3,(H,28,29). The maximum atomic E-state index is 14.0. The Hall–Kier alpha value is -3.26. The number of allylic oxidation sites excluding steroid dienone is 3. The van der Waals surface area contributed by atoms with Gasteiger partial charge in [0, 0.05) is 29.4 Å². The van der Waals surface area contributed by atoms with Crippen LogP contribution >= 0.6 is 0 Å². The largest absolute Gasteiger partial charge is 0.480 e. The molecule has 3 aromatic rings. The van der Waals surface area contributed by atoms with Crippen molar-refractivity contribution in [2.75, 3.05) is 0 Å². The lowest BCUT2D eigenvalue weighted by Crippen LogP contribution is -2.11. The molecule has 1 atom stereocenters. The second-order valence-electron chi connectivity index (χ2n) is 7.71. The third kappa shape index (κ3) is 3.98. The van der Waals surface area contributed by atoms with Crippen LogP contribution < -0.4 is 0 Å². The van der Waals surface area contributed by atoms with Crippen LogP contribution in [0, 0.1) is 12.7 Å². The summed E-state index contributed by atoms with van der Waals surface area (Å²) in [4.78, 5) is 11.5. The van der Waals surface area contributed by atoms with Crippen LogP contribution in [-0.2, 0) is 27.6 Å². The van der Waals surface area contributed by atoms with Crippen LogP contribution in [-0.4, -0.2) is 30.2 Å². The van der Waals surface area contributed by atoms with Crippen molar-refractivity contribution in [3.8, 4) is 0 Å². The van der Waals surface area contributed by atoms with Gasteiger partial charge in [-0.3, -0.25) is 4.79 Å². The molecule has 1 heterocycles. The highest BCUT2D eigenvalue weighted by Gasteiger charge is 2.25. The van der Waals surface area contributed by atoms with E-state index in [0.717, 1.165) is 0 Å². The summed E-state index contributed by atoms with van der Waals surface area (Å²) in [5.74, 6) is -1.50. The minimum absolute atomic E-state index is 0.00566. The van der Waals surface area contributed by atoms with E-state index in [0.29, 0.717) is 27.7 Å². The van der Waals surface area contributed by atoms with Crippen molar-refractivity contribution in [3.63, 3.8) is 0 Å². The van der Waals surface area contributed by atoms with Gasteiger partial charge in [-0.2, -0.15) is 0 Å². The number of sulfone groups is 1. The van der Waals surface area contributed by atoms with Gasteiger partial charge < -0.3 is 9.67 Å². The number of rotatable bonds is 6. The zero-order chi connectivity index (χ0) is 23.0. The first-order valence-corrected chi connectivity index (χ1v) is 11.5. The van der Waals surface area contributed by atoms with Crippen molar-refractivity contribution in [1.29, 1.82) is 0 Å². The van der Waals surface area contributed by atoms with E-state index in [-0.39, 0.29) is 29.2 Å². The van der Waals surface area contributed by atoms with Crippen LogP contribution in [0.3, 0.4) is 0 Å². The summed E-state index contributed by atoms with van der Waals surface area (Å²) in [5.41, 5.74) is 2.33. The first-order chi connectivity index (χ1) is 15.2. The van der Waals surface area contributed by atoms with E-state index in [1.807, 2.05) is 0 Å². The highest BCUT2D eigenvalue weighted by atomic mass is 32.2. The number of hydrogen-bond acceptors (Lipinski definition) is 3. The zero-order valence-corrected chi connectivity index (χ0v) is 18.1. The molecule has 1 aromatic heterocycles. The Bertz CT molecular complexity index is 1390. The molecule has 0 bridgehead atoms. The molecular formula is C24H21F2NO4S. The molecule has 0 saturated heterocycles. The number of nitrogens with zero attached hydrogens (tertiary/aromatic N) is 1. The van der Waals surface area contributed by atoms with Crippen LogP contribution in [0.2, 0.25) is 0 Å². The number of carboxylic acid groups (broad SMARTS) is 1. The Morgan fingerprint density at radius 2 is 1.97 bits per heavy atom. The molecule has 4 rings (SSSR count). The molecule has 0 spiro atoms. The summed E-state index contributed by atoms with van der Waals surface area (Å²) in [7, 11) is -3.89. The molecule has 0 aliphatic heterocycles. The first kappa shape index (κ1) is 22.0. The minimum atomic E-state index is -3.89. The van der Waals surface area contributed by atoms with Gasteiger partial charge in [0.2, 0.25) is 9.84 Å². The van der Waals surface area contributed by atoms with E-state index in [1.165, 1.54) is 42.5 Å². The molecule has 5 nitrogen and oxygen atoms in total. The summed E-state index contributed by atoms with van der Waals surface area (Å²) in [6, 6.07) is 10.6. The highest BCUT2D eigenvalue weighted by molar-refractivity contribution is 7.95. The van der Waals surface area contributed by atoms with Gasteiger partial charge in [-0.25, -0.2) is 17.2 Å². The summed E-state index contributed by atoms with van der Waals surface area (Å²) in [6.45, 7) is 1.44. The lowest BCUT2D eigenvalue weighted by Gasteiger charge is -2.14. The maximum absolute atomic E-state index is 14.0. The van der Waals surface area contributed by atoms with Crippen LogP contribution in [0.5, 0.6) is 0 Å². The van der Waals surface area contributed by atoms with Crippen molar-refractivity contribution in [2.45, 2.75) is 37.4 Å². The zero-order valence-electron chi connectivity index (χ0n) is 17.3. The average molecular weight is 457 g/mol. The number of aromatic nitrogens is 1. The van der Waals surface area contributed by atoms with E-state index in [9.17, 15) is 27.1 Å². The summed E-state index contributed by atoms with van der Waals surface area (Å²) < 4.78 is 55.6. The Labute approximate surface area is 184 Å². The highest BCUT2D eigenvalue weighted by Crippen LogP contribution is 2.33. The van der Waals surface area contributed by atoms with Gasteiger partial charge in [-0.1, -0.05) is 24.3 Å². The lowest BCUT2D eigenvalue weighted by molar-refractivity contribution is -0.137. The second kappa shape index (κ2) is 8.35. The van der Waals surface area contributed by atoms with Gasteiger partial charge in [0.1, 0.15) is 18.5 Å². The number of carbonyl (C=O) groups is 1. The van der Waals surface area contributed by atoms with E-state index >= 15 is 0 Å². The summed E-state index contributed by atoms with van der Waals surface area (Å²) in [5, 5.41) is 9.84. The lowest BCUT2D eigenvalue weighted by atomic mass is 10.0. The average Bonchev–Trinajstić information content (AvgIpc) is 2.99. The molecule has 1 aliphatic rings. The molecule has 2 aromatic carbocycles. The normalized spacial score (nSPS) is 16.3. The molecule has 0 saturated carbocycles. The summed E-state index contributed by atoms with van der Waals surface area (Å²) in [6.07, 6.45) is 2.82. The van der Waals surface area contributed by atoms with Crippen LogP contribution in [0.15, 0.2) is 70.5 Å². The molecule has 0 amide bonds. The SMILES string of the molecule is Cc1c(Cc2ccccc2S(=O)(=O)C2=CCC(F)C=C2)c2cc(F)ccc2n1CC(=O)O. The van der Waals surface area contributed by atoms with Crippen molar-refractivity contribution >= 4 is 26.7 Å². The second-order valence-corrected chi connectivity index (χ2v) is 9.63. The van der Waals surface area contributed by atoms with Gasteiger partial charge in [-0.15, -0.1) is 0 Å². The first-order valence-electron chi connectivity index (χ1n) is 10.0. The molecule has 0 fully saturated rings. The third-order valence-electron chi connectivity index (χ3n) is 5.66. The third-order valence-corrected chi connectivity index (χ3v) is 7.56. The smallest absolute Gasteiger partial charge is 0.323 e. The monoisotopic (exact) mass is 457 g/mol. The van der Waals surface area contributed by atoms with E-state index in [4.69, 9.17) is 0 Å². The van der Waals surface area contributed by atoms with Gasteiger partial charge in [0.15, 0.2) is 0 Å². The molecule has 8 heteroatoms. The van der Waals surface area contributed by atoms with Crippen molar-refractivity contribution in [3.05, 3.63) is 88.2 Å². The predicted octanol–water partition coefficient (Wildman–Crippen LogP) is 4.72. The number of halogens is 2. The molecule has 32 heavy (non-hydrogen) atoms. The fourth-order valence-electron chi connectivity index (χ4n) is 4.09. The molecule has 166 valence electrons. The topological polar surface area (TPSA) is 76.4 Å². The maximum Gasteiger partial charge on any atom is 0.323 e. The Balaban J connectivity index is 1.83. The molecule has 1 N–H and O–H groups in total. The molecule has 1 aliphatic carbocycles. The summed E-state index contributed by atoms with van der Waals surface area (Å²) >= 11 is 0. The predicted molar refractivity (Wildman–Crippen MR) is 117 cm³/mol. The van der Waals surface area contributed by atoms with E-state index in [1.54, 1.807) is 29.7 Å². The number of aliphatic carboxylic acids is 1. The number of carboxylic acids is 1. The van der Waals surface area contributed by atoms with Gasteiger partial charge in [-0.05, 0) is 54.5 Å². The van der Waals surface area contributed by atoms with E-state index in [2.05, 4.69) is 0 Å². The molecule has 1 unspecified atom stereocenters. The Morgan fingerprint density at radius 1 is 1.22 bits per heavy atom. The number of fused-ring (bicyclic) bond motifs is 1. The van der Waals surface area contributed by atoms with Crippen molar-refractivity contribution in [1.82, 2.24) is 4.57 Å². The quantitative estimate of drug-likeness (QED) is 0.581. The van der Waals surface area contributed by atoms with Crippen molar-refractivity contribution < 1.29 is 27.1 Å². The Kier molecular flexibility index (Phi) is 5.73. The molecular weight excluding hydrogens is 436 g/mol. The number of alkyl halides is 1. The van der Waals surface area contributed by atoms with Crippen molar-refractivity contribution in [2.24, 2.45) is 0 Å². The minimum Gasteiger partial charge on any atom is -0.480 e. The Morgan fingerprint density at radius 3 is 2.66 bits per heavy atom. The number of benzene rings is 2. The molecule has 0 radical (unpaired) electrons. The van der Waals surface area contributed by atoms with E-state index < -0.39 is 27.8 Å². The fraction of sp³-hybridized carbons (Fsp3) is 0.208. The fourth-order valence-corrected chi connectivity index (χ4v) is 5.66. The van der Waals surface area contributed by atoms with Crippen LogP contribution in [0.4, 0.5) is 8.78 Å². The van der Waals surface area contributed by atoms with Gasteiger partial charge >= 0.3 is 5.97 Å².